The van der Waals surface area contributed by atoms with Crippen LogP contribution >= 0.6 is 0 Å². The van der Waals surface area contributed by atoms with Crippen molar-refractivity contribution < 1.29 is 0 Å². The normalized spacial score (nSPS) is 20.2. The first kappa shape index (κ1) is 14.8. The van der Waals surface area contributed by atoms with Crippen LogP contribution < -0.4 is 10.5 Å². The lowest BCUT2D eigenvalue weighted by Crippen LogP contribution is -2.37. The van der Waals surface area contributed by atoms with Crippen molar-refractivity contribution in [1.29, 1.82) is 0 Å². The molecule has 0 saturated carbocycles. The second kappa shape index (κ2) is 6.20. The molecule has 106 valence electrons. The molecule has 1 atom stereocenters. The Balaban J connectivity index is 1.88. The summed E-state index contributed by atoms with van der Waals surface area (Å²) < 4.78 is 0. The summed E-state index contributed by atoms with van der Waals surface area (Å²) in [6, 6.07) is 10.00. The van der Waals surface area contributed by atoms with Crippen LogP contribution in [0.2, 0.25) is 19.6 Å². The largest absolute Gasteiger partial charge is 0.313 e. The average molecular weight is 276 g/mol. The Morgan fingerprint density at radius 3 is 2.42 bits per heavy atom. The van der Waals surface area contributed by atoms with Crippen LogP contribution in [0.4, 0.5) is 0 Å². The maximum absolute atomic E-state index is 3.57. The first-order valence-electron chi connectivity index (χ1n) is 7.46. The standard InChI is InChI=1S/C16H28N2Si/c1-18(13-15-6-5-11-17-15)12-14-7-9-16(10-8-14)19(2,3)4/h7-10,15,17H,5-6,11-13H2,1-4H3. The Hall–Kier alpha value is -0.643. The fraction of sp³-hybridized carbons (Fsp3) is 0.625. The smallest absolute Gasteiger partial charge is 0.0775 e. The number of hydrogen-bond donors (Lipinski definition) is 1. The zero-order valence-corrected chi connectivity index (χ0v) is 13.9. The molecule has 0 amide bonds. The Morgan fingerprint density at radius 2 is 1.89 bits per heavy atom. The van der Waals surface area contributed by atoms with Gasteiger partial charge in [-0.1, -0.05) is 49.1 Å². The first-order valence-corrected chi connectivity index (χ1v) is 11.0. The summed E-state index contributed by atoms with van der Waals surface area (Å²) in [5, 5.41) is 5.12. The van der Waals surface area contributed by atoms with Crippen LogP contribution in [0.1, 0.15) is 18.4 Å². The molecule has 0 radical (unpaired) electrons. The van der Waals surface area contributed by atoms with Crippen LogP contribution in [-0.4, -0.2) is 39.2 Å². The molecule has 1 N–H and O–H groups in total. The highest BCUT2D eigenvalue weighted by Crippen LogP contribution is 2.10. The lowest BCUT2D eigenvalue weighted by Gasteiger charge is -2.22. The molecule has 2 rings (SSSR count). The second-order valence-corrected chi connectivity index (χ2v) is 12.0. The summed E-state index contributed by atoms with van der Waals surface area (Å²) in [5.74, 6) is 0. The molecule has 1 unspecified atom stereocenters. The molecular weight excluding hydrogens is 248 g/mol. The van der Waals surface area contributed by atoms with Gasteiger partial charge < -0.3 is 10.2 Å². The van der Waals surface area contributed by atoms with Crippen LogP contribution in [0, 0.1) is 0 Å². The minimum Gasteiger partial charge on any atom is -0.313 e. The van der Waals surface area contributed by atoms with Crippen LogP contribution in [-0.2, 0) is 6.54 Å². The van der Waals surface area contributed by atoms with Crippen molar-refractivity contribution in [2.75, 3.05) is 20.1 Å². The van der Waals surface area contributed by atoms with Gasteiger partial charge in [-0.05, 0) is 32.0 Å². The SMILES string of the molecule is CN(Cc1ccc([Si](C)(C)C)cc1)CC1CCCN1. The van der Waals surface area contributed by atoms with Crippen molar-refractivity contribution in [1.82, 2.24) is 10.2 Å². The first-order chi connectivity index (χ1) is 8.95. The zero-order chi connectivity index (χ0) is 13.9. The summed E-state index contributed by atoms with van der Waals surface area (Å²) in [6.45, 7) is 10.6. The number of benzene rings is 1. The van der Waals surface area contributed by atoms with Gasteiger partial charge in [0.2, 0.25) is 0 Å². The van der Waals surface area contributed by atoms with Crippen LogP contribution in [0.25, 0.3) is 0 Å². The van der Waals surface area contributed by atoms with Crippen molar-refractivity contribution in [2.45, 2.75) is 45.1 Å². The van der Waals surface area contributed by atoms with Gasteiger partial charge in [-0.15, -0.1) is 0 Å². The van der Waals surface area contributed by atoms with Crippen LogP contribution in [0.15, 0.2) is 24.3 Å². The molecule has 1 aromatic carbocycles. The van der Waals surface area contributed by atoms with Gasteiger partial charge in [-0.2, -0.15) is 0 Å². The summed E-state index contributed by atoms with van der Waals surface area (Å²) >= 11 is 0. The fourth-order valence-electron chi connectivity index (χ4n) is 2.78. The summed E-state index contributed by atoms with van der Waals surface area (Å²) in [6.07, 6.45) is 2.67. The van der Waals surface area contributed by atoms with Gasteiger partial charge in [-0.25, -0.2) is 0 Å². The molecule has 1 aliphatic rings. The molecule has 0 bridgehead atoms. The van der Waals surface area contributed by atoms with Crippen LogP contribution in [0.3, 0.4) is 0 Å². The quantitative estimate of drug-likeness (QED) is 0.831. The van der Waals surface area contributed by atoms with E-state index < -0.39 is 8.07 Å². The maximum Gasteiger partial charge on any atom is 0.0775 e. The van der Waals surface area contributed by atoms with Gasteiger partial charge in [0.1, 0.15) is 0 Å². The van der Waals surface area contributed by atoms with Gasteiger partial charge in [0.15, 0.2) is 0 Å². The van der Waals surface area contributed by atoms with Crippen molar-refractivity contribution in [3.63, 3.8) is 0 Å². The summed E-state index contributed by atoms with van der Waals surface area (Å²) in [7, 11) is 1.08. The predicted molar refractivity (Wildman–Crippen MR) is 86.8 cm³/mol. The highest BCUT2D eigenvalue weighted by atomic mass is 28.3. The summed E-state index contributed by atoms with van der Waals surface area (Å²) in [4.78, 5) is 2.44. The number of hydrogen-bond acceptors (Lipinski definition) is 2. The Bertz CT molecular complexity index is 388. The van der Waals surface area contributed by atoms with Crippen molar-refractivity contribution >= 4 is 13.3 Å². The van der Waals surface area contributed by atoms with Crippen molar-refractivity contribution in [2.24, 2.45) is 0 Å². The Morgan fingerprint density at radius 1 is 1.21 bits per heavy atom. The van der Waals surface area contributed by atoms with Gasteiger partial charge >= 0.3 is 0 Å². The van der Waals surface area contributed by atoms with E-state index in [1.54, 1.807) is 5.19 Å². The number of nitrogens with one attached hydrogen (secondary N) is 1. The lowest BCUT2D eigenvalue weighted by atomic mass is 10.2. The fourth-order valence-corrected chi connectivity index (χ4v) is 3.94. The summed E-state index contributed by atoms with van der Waals surface area (Å²) in [5.41, 5.74) is 1.43. The van der Waals surface area contributed by atoms with E-state index in [9.17, 15) is 0 Å². The monoisotopic (exact) mass is 276 g/mol. The zero-order valence-electron chi connectivity index (χ0n) is 12.9. The van der Waals surface area contributed by atoms with E-state index in [4.69, 9.17) is 0 Å². The predicted octanol–water partition coefficient (Wildman–Crippen LogP) is 2.42. The van der Waals surface area contributed by atoms with Gasteiger partial charge in [0.05, 0.1) is 8.07 Å². The molecule has 3 heteroatoms. The molecule has 0 aromatic heterocycles. The highest BCUT2D eigenvalue weighted by molar-refractivity contribution is 6.88. The van der Waals surface area contributed by atoms with Gasteiger partial charge in [0, 0.05) is 19.1 Å². The minimum atomic E-state index is -1.15. The van der Waals surface area contributed by atoms with E-state index in [1.807, 2.05) is 0 Å². The third kappa shape index (κ3) is 4.44. The van der Waals surface area contributed by atoms with E-state index >= 15 is 0 Å². The maximum atomic E-state index is 3.57. The Kier molecular flexibility index (Phi) is 4.82. The number of nitrogens with zero attached hydrogens (tertiary/aromatic N) is 1. The van der Waals surface area contributed by atoms with Crippen LogP contribution in [0.5, 0.6) is 0 Å². The lowest BCUT2D eigenvalue weighted by molar-refractivity contribution is 0.293. The minimum absolute atomic E-state index is 0.700. The molecule has 0 aliphatic carbocycles. The van der Waals surface area contributed by atoms with E-state index in [0.29, 0.717) is 6.04 Å². The van der Waals surface area contributed by atoms with Gasteiger partial charge in [-0.3, -0.25) is 0 Å². The Labute approximate surface area is 119 Å². The molecule has 1 aliphatic heterocycles. The van der Waals surface area contributed by atoms with E-state index in [-0.39, 0.29) is 0 Å². The highest BCUT2D eigenvalue weighted by Gasteiger charge is 2.17. The molecular formula is C16H28N2Si. The molecule has 1 fully saturated rings. The van der Waals surface area contributed by atoms with E-state index in [1.165, 1.54) is 24.9 Å². The number of likely N-dealkylation sites (N-methyl/N-ethyl adjacent to an activating group) is 1. The third-order valence-corrected chi connectivity index (χ3v) is 6.03. The average Bonchev–Trinajstić information content (AvgIpc) is 2.81. The molecule has 0 spiro atoms. The second-order valence-electron chi connectivity index (χ2n) is 6.94. The van der Waals surface area contributed by atoms with E-state index in [2.05, 4.69) is 61.2 Å². The van der Waals surface area contributed by atoms with Crippen molar-refractivity contribution in [3.8, 4) is 0 Å². The van der Waals surface area contributed by atoms with E-state index in [0.717, 1.165) is 13.1 Å². The number of rotatable bonds is 5. The molecule has 2 nitrogen and oxygen atoms in total. The molecule has 19 heavy (non-hydrogen) atoms. The van der Waals surface area contributed by atoms with Crippen molar-refractivity contribution in [3.05, 3.63) is 29.8 Å². The molecule has 1 heterocycles. The third-order valence-electron chi connectivity index (χ3n) is 3.97. The topological polar surface area (TPSA) is 15.3 Å². The van der Waals surface area contributed by atoms with Gasteiger partial charge in [0.25, 0.3) is 0 Å². The molecule has 1 aromatic rings. The molecule has 1 saturated heterocycles.